The molecule has 0 N–H and O–H groups in total. The van der Waals surface area contributed by atoms with Crippen molar-refractivity contribution in [3.05, 3.63) is 34.3 Å². The van der Waals surface area contributed by atoms with Crippen LogP contribution in [0.1, 0.15) is 19.4 Å². The topological polar surface area (TPSA) is 12.5 Å². The van der Waals surface area contributed by atoms with E-state index in [0.717, 1.165) is 29.4 Å². The van der Waals surface area contributed by atoms with E-state index in [1.165, 1.54) is 5.56 Å². The minimum atomic E-state index is -0.0634. The molecule has 2 rings (SSSR count). The van der Waals surface area contributed by atoms with Crippen LogP contribution >= 0.6 is 31.9 Å². The van der Waals surface area contributed by atoms with Crippen LogP contribution in [-0.2, 0) is 11.3 Å². The quantitative estimate of drug-likeness (QED) is 0.743. The van der Waals surface area contributed by atoms with Crippen molar-refractivity contribution in [2.24, 2.45) is 0 Å². The molecule has 1 aliphatic rings. The third-order valence-electron chi connectivity index (χ3n) is 3.04. The van der Waals surface area contributed by atoms with Gasteiger partial charge in [-0.05, 0) is 31.5 Å². The summed E-state index contributed by atoms with van der Waals surface area (Å²) in [5.41, 5.74) is 1.29. The fourth-order valence-corrected chi connectivity index (χ4v) is 3.07. The number of halogens is 2. The van der Waals surface area contributed by atoms with Gasteiger partial charge in [0.1, 0.15) is 0 Å². The second-order valence-corrected chi connectivity index (χ2v) is 7.01. The lowest BCUT2D eigenvalue weighted by Crippen LogP contribution is -2.52. The zero-order chi connectivity index (χ0) is 13.2. The lowest BCUT2D eigenvalue weighted by atomic mass is 10.0. The standard InChI is InChI=1S/C14H19Br2NO/c1-14(2)10-17(9-13(7-15)18-14)8-11-3-5-12(16)6-4-11/h3-6,13H,7-10H2,1-2H3. The highest BCUT2D eigenvalue weighted by Crippen LogP contribution is 2.23. The molecule has 1 atom stereocenters. The summed E-state index contributed by atoms with van der Waals surface area (Å²) in [6.07, 6.45) is 0.282. The third-order valence-corrected chi connectivity index (χ3v) is 4.29. The van der Waals surface area contributed by atoms with E-state index >= 15 is 0 Å². The molecule has 0 bridgehead atoms. The number of alkyl halides is 1. The van der Waals surface area contributed by atoms with Gasteiger partial charge in [-0.25, -0.2) is 0 Å². The maximum absolute atomic E-state index is 6.01. The van der Waals surface area contributed by atoms with Crippen molar-refractivity contribution in [3.63, 3.8) is 0 Å². The van der Waals surface area contributed by atoms with Crippen molar-refractivity contribution < 1.29 is 4.74 Å². The highest BCUT2D eigenvalue weighted by atomic mass is 79.9. The summed E-state index contributed by atoms with van der Waals surface area (Å²) >= 11 is 7.00. The number of ether oxygens (including phenoxy) is 1. The molecule has 1 aliphatic heterocycles. The first-order chi connectivity index (χ1) is 8.48. The van der Waals surface area contributed by atoms with Crippen LogP contribution in [0.2, 0.25) is 0 Å². The van der Waals surface area contributed by atoms with Gasteiger partial charge in [-0.2, -0.15) is 0 Å². The van der Waals surface area contributed by atoms with E-state index in [0.29, 0.717) is 0 Å². The molecule has 0 aromatic heterocycles. The highest BCUT2D eigenvalue weighted by Gasteiger charge is 2.32. The number of benzene rings is 1. The van der Waals surface area contributed by atoms with Crippen molar-refractivity contribution in [1.29, 1.82) is 0 Å². The summed E-state index contributed by atoms with van der Waals surface area (Å²) in [7, 11) is 0. The number of hydrogen-bond acceptors (Lipinski definition) is 2. The molecule has 1 aromatic rings. The van der Waals surface area contributed by atoms with Crippen LogP contribution in [0.15, 0.2) is 28.7 Å². The number of hydrogen-bond donors (Lipinski definition) is 0. The zero-order valence-corrected chi connectivity index (χ0v) is 14.0. The lowest BCUT2D eigenvalue weighted by molar-refractivity contribution is -0.128. The summed E-state index contributed by atoms with van der Waals surface area (Å²) in [6.45, 7) is 7.29. The van der Waals surface area contributed by atoms with Gasteiger partial charge in [0, 0.05) is 29.4 Å². The Labute approximate surface area is 126 Å². The van der Waals surface area contributed by atoms with Crippen LogP contribution < -0.4 is 0 Å². The first kappa shape index (κ1) is 14.5. The van der Waals surface area contributed by atoms with Crippen molar-refractivity contribution >= 4 is 31.9 Å². The highest BCUT2D eigenvalue weighted by molar-refractivity contribution is 9.10. The largest absolute Gasteiger partial charge is 0.369 e. The van der Waals surface area contributed by atoms with Gasteiger partial charge in [-0.3, -0.25) is 4.90 Å². The Kier molecular flexibility index (Phi) is 4.86. The minimum absolute atomic E-state index is 0.0634. The average molecular weight is 377 g/mol. The van der Waals surface area contributed by atoms with Gasteiger partial charge in [0.25, 0.3) is 0 Å². The zero-order valence-electron chi connectivity index (χ0n) is 10.8. The van der Waals surface area contributed by atoms with Gasteiger partial charge in [0.15, 0.2) is 0 Å². The Balaban J connectivity index is 2.02. The van der Waals surface area contributed by atoms with Gasteiger partial charge in [0.05, 0.1) is 11.7 Å². The maximum atomic E-state index is 6.01. The van der Waals surface area contributed by atoms with Crippen molar-refractivity contribution in [1.82, 2.24) is 4.90 Å². The molecule has 0 aliphatic carbocycles. The Hall–Kier alpha value is 0.1000. The van der Waals surface area contributed by atoms with Gasteiger partial charge in [0.2, 0.25) is 0 Å². The van der Waals surface area contributed by atoms with Gasteiger partial charge >= 0.3 is 0 Å². The normalized spacial score (nSPS) is 24.1. The fourth-order valence-electron chi connectivity index (χ4n) is 2.47. The first-order valence-electron chi connectivity index (χ1n) is 6.19. The van der Waals surface area contributed by atoms with Crippen LogP contribution in [0.25, 0.3) is 0 Å². The fraction of sp³-hybridized carbons (Fsp3) is 0.571. The maximum Gasteiger partial charge on any atom is 0.0806 e. The van der Waals surface area contributed by atoms with Gasteiger partial charge in [-0.15, -0.1) is 0 Å². The monoisotopic (exact) mass is 375 g/mol. The summed E-state index contributed by atoms with van der Waals surface area (Å²) in [5.74, 6) is 0. The molecular formula is C14H19Br2NO. The van der Waals surface area contributed by atoms with E-state index < -0.39 is 0 Å². The molecular weight excluding hydrogens is 358 g/mol. The summed E-state index contributed by atoms with van der Waals surface area (Å²) in [5, 5.41) is 0.896. The third kappa shape index (κ3) is 4.05. The van der Waals surface area contributed by atoms with E-state index in [4.69, 9.17) is 4.74 Å². The molecule has 1 unspecified atom stereocenters. The average Bonchev–Trinajstić information content (AvgIpc) is 2.30. The van der Waals surface area contributed by atoms with Crippen molar-refractivity contribution in [2.45, 2.75) is 32.1 Å². The van der Waals surface area contributed by atoms with E-state index in [1.807, 2.05) is 0 Å². The molecule has 18 heavy (non-hydrogen) atoms. The number of rotatable bonds is 3. The van der Waals surface area contributed by atoms with Crippen LogP contribution in [0.5, 0.6) is 0 Å². The molecule has 1 fully saturated rings. The second kappa shape index (κ2) is 6.04. The molecule has 1 saturated heterocycles. The molecule has 0 amide bonds. The van der Waals surface area contributed by atoms with E-state index in [1.54, 1.807) is 0 Å². The summed E-state index contributed by atoms with van der Waals surface area (Å²) in [6, 6.07) is 8.55. The molecule has 0 saturated carbocycles. The van der Waals surface area contributed by atoms with Crippen LogP contribution in [0, 0.1) is 0 Å². The Morgan fingerprint density at radius 2 is 2.00 bits per heavy atom. The number of nitrogens with zero attached hydrogens (tertiary/aromatic N) is 1. The van der Waals surface area contributed by atoms with Crippen molar-refractivity contribution in [2.75, 3.05) is 18.4 Å². The predicted octanol–water partition coefficient (Wildman–Crippen LogP) is 3.82. The minimum Gasteiger partial charge on any atom is -0.369 e. The molecule has 1 heterocycles. The molecule has 0 spiro atoms. The second-order valence-electron chi connectivity index (χ2n) is 5.45. The molecule has 4 heteroatoms. The molecule has 1 aromatic carbocycles. The van der Waals surface area contributed by atoms with Crippen LogP contribution in [0.4, 0.5) is 0 Å². The van der Waals surface area contributed by atoms with Crippen LogP contribution in [0.3, 0.4) is 0 Å². The van der Waals surface area contributed by atoms with Gasteiger partial charge in [-0.1, -0.05) is 44.0 Å². The van der Waals surface area contributed by atoms with E-state index in [-0.39, 0.29) is 11.7 Å². The van der Waals surface area contributed by atoms with Crippen molar-refractivity contribution in [3.8, 4) is 0 Å². The predicted molar refractivity (Wildman–Crippen MR) is 82.2 cm³/mol. The molecule has 2 nitrogen and oxygen atoms in total. The van der Waals surface area contributed by atoms with Crippen LogP contribution in [-0.4, -0.2) is 35.0 Å². The van der Waals surface area contributed by atoms with E-state index in [9.17, 15) is 0 Å². The molecule has 100 valence electrons. The summed E-state index contributed by atoms with van der Waals surface area (Å²) in [4.78, 5) is 2.47. The smallest absolute Gasteiger partial charge is 0.0806 e. The Morgan fingerprint density at radius 3 is 2.61 bits per heavy atom. The van der Waals surface area contributed by atoms with E-state index in [2.05, 4.69) is 74.9 Å². The first-order valence-corrected chi connectivity index (χ1v) is 8.10. The summed E-state index contributed by atoms with van der Waals surface area (Å²) < 4.78 is 7.15. The number of morpholine rings is 1. The Morgan fingerprint density at radius 1 is 1.33 bits per heavy atom. The SMILES string of the molecule is CC1(C)CN(Cc2ccc(Br)cc2)CC(CBr)O1. The lowest BCUT2D eigenvalue weighted by Gasteiger charge is -2.42. The Bertz CT molecular complexity index is 391. The molecule has 0 radical (unpaired) electrons. The van der Waals surface area contributed by atoms with Gasteiger partial charge < -0.3 is 4.74 Å².